The first-order valence-electron chi connectivity index (χ1n) is 6.23. The molecule has 1 heterocycles. The number of hydrogen-bond donors (Lipinski definition) is 0. The first-order valence-corrected chi connectivity index (χ1v) is 8.63. The van der Waals surface area contributed by atoms with Crippen LogP contribution in [0.3, 0.4) is 0 Å². The summed E-state index contributed by atoms with van der Waals surface area (Å²) in [4.78, 5) is 15.2. The Balaban J connectivity index is 2.76. The summed E-state index contributed by atoms with van der Waals surface area (Å²) >= 11 is 8.35. The Hall–Kier alpha value is 0.130. The van der Waals surface area contributed by atoms with Crippen molar-refractivity contribution in [2.45, 2.75) is 46.1 Å². The fourth-order valence-electron chi connectivity index (χ4n) is 1.72. The van der Waals surface area contributed by atoms with E-state index in [1.807, 2.05) is 11.0 Å². The number of nitrogens with zero attached hydrogens (tertiary/aromatic N) is 1. The van der Waals surface area contributed by atoms with Gasteiger partial charge in [-0.05, 0) is 58.2 Å². The van der Waals surface area contributed by atoms with Gasteiger partial charge in [-0.1, -0.05) is 19.8 Å². The molecule has 2 nitrogen and oxygen atoms in total. The van der Waals surface area contributed by atoms with Crippen molar-refractivity contribution >= 4 is 49.1 Å². The molecule has 5 heteroatoms. The molecule has 0 aliphatic carbocycles. The van der Waals surface area contributed by atoms with Crippen LogP contribution in [0.15, 0.2) is 14.3 Å². The SMILES string of the molecule is CCCCCN(C(=O)c1cc(Br)c(Br)s1)C(C)C. The van der Waals surface area contributed by atoms with E-state index in [4.69, 9.17) is 0 Å². The molecule has 1 aromatic heterocycles. The molecule has 0 bridgehead atoms. The molecule has 1 amide bonds. The highest BCUT2D eigenvalue weighted by molar-refractivity contribution is 9.13. The van der Waals surface area contributed by atoms with Crippen LogP contribution in [-0.2, 0) is 0 Å². The van der Waals surface area contributed by atoms with Crippen molar-refractivity contribution in [3.8, 4) is 0 Å². The summed E-state index contributed by atoms with van der Waals surface area (Å²) in [5.41, 5.74) is 0. The van der Waals surface area contributed by atoms with Crippen molar-refractivity contribution in [2.75, 3.05) is 6.54 Å². The summed E-state index contributed by atoms with van der Waals surface area (Å²) in [6, 6.07) is 2.14. The largest absolute Gasteiger partial charge is 0.336 e. The van der Waals surface area contributed by atoms with Gasteiger partial charge in [0.1, 0.15) is 0 Å². The number of unbranched alkanes of at least 4 members (excludes halogenated alkanes) is 2. The van der Waals surface area contributed by atoms with Crippen molar-refractivity contribution in [3.05, 3.63) is 19.2 Å². The summed E-state index contributed by atoms with van der Waals surface area (Å²) in [7, 11) is 0. The van der Waals surface area contributed by atoms with Crippen molar-refractivity contribution in [2.24, 2.45) is 0 Å². The second-order valence-corrected chi connectivity index (χ2v) is 7.76. The number of amides is 1. The second-order valence-electron chi connectivity index (χ2n) is 4.53. The third-order valence-electron chi connectivity index (χ3n) is 2.74. The van der Waals surface area contributed by atoms with Crippen molar-refractivity contribution in [1.82, 2.24) is 4.90 Å². The minimum Gasteiger partial charge on any atom is -0.336 e. The second kappa shape index (κ2) is 7.65. The molecule has 102 valence electrons. The van der Waals surface area contributed by atoms with Crippen LogP contribution >= 0.6 is 43.2 Å². The quantitative estimate of drug-likeness (QED) is 0.596. The minimum absolute atomic E-state index is 0.137. The lowest BCUT2D eigenvalue weighted by Gasteiger charge is -2.26. The van der Waals surface area contributed by atoms with Gasteiger partial charge in [-0.2, -0.15) is 0 Å². The molecule has 0 spiro atoms. The van der Waals surface area contributed by atoms with Crippen molar-refractivity contribution in [3.63, 3.8) is 0 Å². The molecule has 0 fully saturated rings. The highest BCUT2D eigenvalue weighted by atomic mass is 79.9. The Labute approximate surface area is 130 Å². The molecule has 0 atom stereocenters. The normalized spacial score (nSPS) is 11.0. The highest BCUT2D eigenvalue weighted by Crippen LogP contribution is 2.33. The third-order valence-corrected chi connectivity index (χ3v) is 5.99. The van der Waals surface area contributed by atoms with Gasteiger partial charge in [-0.3, -0.25) is 4.79 Å². The zero-order valence-electron chi connectivity index (χ0n) is 11.0. The van der Waals surface area contributed by atoms with Crippen LogP contribution in [0.25, 0.3) is 0 Å². The zero-order valence-corrected chi connectivity index (χ0v) is 15.0. The molecule has 0 aliphatic heterocycles. The van der Waals surface area contributed by atoms with E-state index < -0.39 is 0 Å². The molecular weight excluding hydrogens is 378 g/mol. The third kappa shape index (κ3) is 4.35. The van der Waals surface area contributed by atoms with Crippen molar-refractivity contribution in [1.29, 1.82) is 0 Å². The predicted octanol–water partition coefficient (Wildman–Crippen LogP) is 5.31. The first kappa shape index (κ1) is 16.2. The van der Waals surface area contributed by atoms with Gasteiger partial charge in [0.2, 0.25) is 0 Å². The molecule has 0 radical (unpaired) electrons. The standard InChI is InChI=1S/C13H19Br2NOS/c1-4-5-6-7-16(9(2)3)13(17)11-8-10(14)12(15)18-11/h8-9H,4-7H2,1-3H3. The van der Waals surface area contributed by atoms with Gasteiger partial charge in [0.15, 0.2) is 0 Å². The fourth-order valence-corrected chi connectivity index (χ4v) is 3.71. The molecule has 0 aromatic carbocycles. The predicted molar refractivity (Wildman–Crippen MR) is 85.4 cm³/mol. The van der Waals surface area contributed by atoms with E-state index in [0.29, 0.717) is 0 Å². The Morgan fingerprint density at radius 3 is 2.50 bits per heavy atom. The lowest BCUT2D eigenvalue weighted by molar-refractivity contribution is 0.0707. The summed E-state index contributed by atoms with van der Waals surface area (Å²) in [6.45, 7) is 7.16. The smallest absolute Gasteiger partial charge is 0.264 e. The summed E-state index contributed by atoms with van der Waals surface area (Å²) < 4.78 is 1.93. The van der Waals surface area contributed by atoms with Crippen LogP contribution in [-0.4, -0.2) is 23.4 Å². The van der Waals surface area contributed by atoms with E-state index in [1.54, 1.807) is 0 Å². The number of halogens is 2. The zero-order chi connectivity index (χ0) is 13.7. The van der Waals surface area contributed by atoms with E-state index in [2.05, 4.69) is 52.6 Å². The van der Waals surface area contributed by atoms with Crippen LogP contribution in [0.1, 0.15) is 49.7 Å². The molecule has 1 aromatic rings. The van der Waals surface area contributed by atoms with Gasteiger partial charge in [0.25, 0.3) is 5.91 Å². The monoisotopic (exact) mass is 395 g/mol. The maximum atomic E-state index is 12.4. The Bertz CT molecular complexity index is 384. The summed E-state index contributed by atoms with van der Waals surface area (Å²) in [5, 5.41) is 0. The average Bonchev–Trinajstić information content (AvgIpc) is 2.64. The molecule has 0 saturated carbocycles. The number of rotatable bonds is 6. The minimum atomic E-state index is 0.137. The topological polar surface area (TPSA) is 20.3 Å². The lowest BCUT2D eigenvalue weighted by atomic mass is 10.2. The molecule has 0 N–H and O–H groups in total. The summed E-state index contributed by atoms with van der Waals surface area (Å²) in [6.07, 6.45) is 3.43. The van der Waals surface area contributed by atoms with Crippen LogP contribution < -0.4 is 0 Å². The van der Waals surface area contributed by atoms with Crippen LogP contribution in [0.2, 0.25) is 0 Å². The summed E-state index contributed by atoms with van der Waals surface area (Å²) in [5.74, 6) is 0.137. The number of thiophene rings is 1. The van der Waals surface area contributed by atoms with E-state index in [0.717, 1.165) is 26.1 Å². The number of carbonyl (C=O) groups is 1. The van der Waals surface area contributed by atoms with Crippen LogP contribution in [0, 0.1) is 0 Å². The number of hydrogen-bond acceptors (Lipinski definition) is 2. The fraction of sp³-hybridized carbons (Fsp3) is 0.615. The molecule has 0 saturated heterocycles. The molecule has 1 rings (SSSR count). The van der Waals surface area contributed by atoms with E-state index in [1.165, 1.54) is 24.2 Å². The Morgan fingerprint density at radius 1 is 1.39 bits per heavy atom. The Kier molecular flexibility index (Phi) is 6.88. The van der Waals surface area contributed by atoms with Crippen LogP contribution in [0.4, 0.5) is 0 Å². The van der Waals surface area contributed by atoms with Gasteiger partial charge < -0.3 is 4.90 Å². The van der Waals surface area contributed by atoms with Crippen LogP contribution in [0.5, 0.6) is 0 Å². The van der Waals surface area contributed by atoms with Gasteiger partial charge >= 0.3 is 0 Å². The molecular formula is C13H19Br2NOS. The van der Waals surface area contributed by atoms with E-state index in [-0.39, 0.29) is 11.9 Å². The first-order chi connectivity index (χ1) is 8.47. The number of carbonyl (C=O) groups excluding carboxylic acids is 1. The van der Waals surface area contributed by atoms with Gasteiger partial charge in [0.05, 0.1) is 8.66 Å². The lowest BCUT2D eigenvalue weighted by Crippen LogP contribution is -2.37. The Morgan fingerprint density at radius 2 is 2.06 bits per heavy atom. The van der Waals surface area contributed by atoms with Crippen molar-refractivity contribution < 1.29 is 4.79 Å². The molecule has 18 heavy (non-hydrogen) atoms. The molecule has 0 aliphatic rings. The van der Waals surface area contributed by atoms with Gasteiger partial charge in [-0.15, -0.1) is 11.3 Å². The average molecular weight is 397 g/mol. The highest BCUT2D eigenvalue weighted by Gasteiger charge is 2.21. The maximum Gasteiger partial charge on any atom is 0.264 e. The van der Waals surface area contributed by atoms with E-state index in [9.17, 15) is 4.79 Å². The van der Waals surface area contributed by atoms with E-state index >= 15 is 0 Å². The molecule has 0 unspecified atom stereocenters. The van der Waals surface area contributed by atoms with Gasteiger partial charge in [0, 0.05) is 17.1 Å². The maximum absolute atomic E-state index is 12.4. The van der Waals surface area contributed by atoms with Gasteiger partial charge in [-0.25, -0.2) is 0 Å².